The molecule has 3 nitrogen and oxygen atoms in total. The van der Waals surface area contributed by atoms with E-state index in [4.69, 9.17) is 4.74 Å². The topological polar surface area (TPSA) is 35.5 Å². The molecule has 0 spiro atoms. The summed E-state index contributed by atoms with van der Waals surface area (Å²) in [7, 11) is 1.35. The van der Waals surface area contributed by atoms with Crippen molar-refractivity contribution in [2.45, 2.75) is 20.0 Å². The molecule has 112 valence electrons. The Balaban J connectivity index is 0.000000383. The fourth-order valence-corrected chi connectivity index (χ4v) is 1.60. The molecule has 0 aliphatic rings. The molecule has 0 amide bonds. The number of ether oxygens (including phenoxy) is 2. The van der Waals surface area contributed by atoms with Crippen LogP contribution in [-0.4, -0.2) is 19.7 Å². The van der Waals surface area contributed by atoms with E-state index in [0.29, 0.717) is 6.61 Å². The van der Waals surface area contributed by atoms with Gasteiger partial charge in [0, 0.05) is 6.92 Å². The second-order valence-electron chi connectivity index (χ2n) is 4.47. The highest BCUT2D eigenvalue weighted by Gasteiger charge is 1.93. The van der Waals surface area contributed by atoms with Crippen LogP contribution in [0, 0.1) is 0 Å². The number of carbonyl (C=O) groups is 1. The van der Waals surface area contributed by atoms with Crippen molar-refractivity contribution in [1.82, 2.24) is 0 Å². The number of methoxy groups -OCH3 is 1. The van der Waals surface area contributed by atoms with Crippen LogP contribution in [0.5, 0.6) is 0 Å². The van der Waals surface area contributed by atoms with Crippen molar-refractivity contribution in [2.24, 2.45) is 0 Å². The molecule has 3 heteroatoms. The van der Waals surface area contributed by atoms with Gasteiger partial charge in [-0.3, -0.25) is 4.79 Å². The summed E-state index contributed by atoms with van der Waals surface area (Å²) in [4.78, 5) is 9.59. The molecule has 0 heterocycles. The van der Waals surface area contributed by atoms with Gasteiger partial charge >= 0.3 is 5.97 Å². The zero-order valence-electron chi connectivity index (χ0n) is 12.6. The minimum absolute atomic E-state index is 0.245. The summed E-state index contributed by atoms with van der Waals surface area (Å²) in [5, 5.41) is 0. The van der Waals surface area contributed by atoms with E-state index in [-0.39, 0.29) is 5.97 Å². The van der Waals surface area contributed by atoms with E-state index < -0.39 is 0 Å². The summed E-state index contributed by atoms with van der Waals surface area (Å²) in [6.45, 7) is 2.84. The third-order valence-electron chi connectivity index (χ3n) is 2.78. The highest BCUT2D eigenvalue weighted by Crippen LogP contribution is 2.03. The zero-order chi connectivity index (χ0) is 15.3. The Bertz CT molecular complexity index is 453. The van der Waals surface area contributed by atoms with Gasteiger partial charge < -0.3 is 9.47 Å². The molecule has 0 aliphatic heterocycles. The van der Waals surface area contributed by atoms with Gasteiger partial charge in [-0.25, -0.2) is 0 Å². The Kier molecular flexibility index (Phi) is 8.57. The average Bonchev–Trinajstić information content (AvgIpc) is 2.54. The lowest BCUT2D eigenvalue weighted by molar-refractivity contribution is -0.137. The molecule has 0 unspecified atom stereocenters. The van der Waals surface area contributed by atoms with Gasteiger partial charge in [-0.05, 0) is 17.5 Å². The smallest absolute Gasteiger partial charge is 0.302 e. The molecule has 2 rings (SSSR count). The van der Waals surface area contributed by atoms with Crippen molar-refractivity contribution < 1.29 is 14.3 Å². The Morgan fingerprint density at radius 1 is 0.905 bits per heavy atom. The average molecular weight is 286 g/mol. The minimum Gasteiger partial charge on any atom is -0.469 e. The molecule has 2 aromatic carbocycles. The quantitative estimate of drug-likeness (QED) is 0.622. The fraction of sp³-hybridized carbons (Fsp3) is 0.278. The van der Waals surface area contributed by atoms with Gasteiger partial charge in [0.1, 0.15) is 0 Å². The maximum atomic E-state index is 9.59. The first-order chi connectivity index (χ1) is 10.2. The van der Waals surface area contributed by atoms with E-state index in [0.717, 1.165) is 13.0 Å². The highest BCUT2D eigenvalue weighted by molar-refractivity contribution is 5.65. The molecule has 0 aliphatic carbocycles. The molecule has 0 atom stereocenters. The monoisotopic (exact) mass is 286 g/mol. The first kappa shape index (κ1) is 16.9. The lowest BCUT2D eigenvalue weighted by Crippen LogP contribution is -1.98. The van der Waals surface area contributed by atoms with Gasteiger partial charge in [0.2, 0.25) is 0 Å². The SMILES string of the molecule is COC(C)=O.c1ccc(CCOCc2ccccc2)cc1. The van der Waals surface area contributed by atoms with E-state index >= 15 is 0 Å². The third kappa shape index (κ3) is 8.60. The lowest BCUT2D eigenvalue weighted by Gasteiger charge is -2.04. The van der Waals surface area contributed by atoms with Crippen LogP contribution in [0.3, 0.4) is 0 Å². The second kappa shape index (κ2) is 10.6. The largest absolute Gasteiger partial charge is 0.469 e. The van der Waals surface area contributed by atoms with Crippen LogP contribution >= 0.6 is 0 Å². The zero-order valence-corrected chi connectivity index (χ0v) is 12.6. The van der Waals surface area contributed by atoms with Crippen LogP contribution in [0.2, 0.25) is 0 Å². The number of hydrogen-bond acceptors (Lipinski definition) is 3. The molecule has 0 saturated heterocycles. The van der Waals surface area contributed by atoms with E-state index in [2.05, 4.69) is 41.1 Å². The maximum absolute atomic E-state index is 9.59. The Labute approximate surface area is 126 Å². The molecule has 0 aromatic heterocycles. The number of benzene rings is 2. The first-order valence-corrected chi connectivity index (χ1v) is 6.92. The van der Waals surface area contributed by atoms with Crippen LogP contribution < -0.4 is 0 Å². The Morgan fingerprint density at radius 2 is 1.38 bits per heavy atom. The van der Waals surface area contributed by atoms with Crippen molar-refractivity contribution in [3.05, 3.63) is 71.8 Å². The van der Waals surface area contributed by atoms with Crippen LogP contribution in [0.1, 0.15) is 18.1 Å². The Morgan fingerprint density at radius 3 is 1.86 bits per heavy atom. The fourth-order valence-electron chi connectivity index (χ4n) is 1.60. The summed E-state index contributed by atoms with van der Waals surface area (Å²) >= 11 is 0. The number of rotatable bonds is 5. The second-order valence-corrected chi connectivity index (χ2v) is 4.47. The van der Waals surface area contributed by atoms with Crippen LogP contribution in [0.15, 0.2) is 60.7 Å². The van der Waals surface area contributed by atoms with E-state index in [1.807, 2.05) is 24.3 Å². The highest BCUT2D eigenvalue weighted by atomic mass is 16.5. The van der Waals surface area contributed by atoms with Crippen LogP contribution in [0.25, 0.3) is 0 Å². The van der Waals surface area contributed by atoms with Crippen molar-refractivity contribution in [3.63, 3.8) is 0 Å². The molecular weight excluding hydrogens is 264 g/mol. The van der Waals surface area contributed by atoms with E-state index in [1.165, 1.54) is 25.2 Å². The molecule has 2 aromatic rings. The van der Waals surface area contributed by atoms with Gasteiger partial charge in [0.25, 0.3) is 0 Å². The van der Waals surface area contributed by atoms with E-state index in [1.54, 1.807) is 0 Å². The van der Waals surface area contributed by atoms with Gasteiger partial charge in [-0.2, -0.15) is 0 Å². The molecule has 21 heavy (non-hydrogen) atoms. The molecule has 0 saturated carbocycles. The summed E-state index contributed by atoms with van der Waals surface area (Å²) < 4.78 is 9.73. The van der Waals surface area contributed by atoms with Gasteiger partial charge in [0.05, 0.1) is 20.3 Å². The minimum atomic E-state index is -0.245. The maximum Gasteiger partial charge on any atom is 0.302 e. The van der Waals surface area contributed by atoms with Crippen molar-refractivity contribution in [1.29, 1.82) is 0 Å². The standard InChI is InChI=1S/C15H16O.C3H6O2/c1-3-7-14(8-4-1)11-12-16-13-15-9-5-2-6-10-15;1-3(4)5-2/h1-10H,11-13H2;1-2H3. The Hall–Kier alpha value is -2.13. The normalized spacial score (nSPS) is 9.43. The summed E-state index contributed by atoms with van der Waals surface area (Å²) in [6, 6.07) is 20.7. The van der Waals surface area contributed by atoms with E-state index in [9.17, 15) is 4.79 Å². The number of esters is 1. The van der Waals surface area contributed by atoms with Gasteiger partial charge in [-0.1, -0.05) is 60.7 Å². The van der Waals surface area contributed by atoms with Gasteiger partial charge in [0.15, 0.2) is 0 Å². The van der Waals surface area contributed by atoms with Crippen molar-refractivity contribution >= 4 is 5.97 Å². The summed E-state index contributed by atoms with van der Waals surface area (Å²) in [5.41, 5.74) is 2.56. The summed E-state index contributed by atoms with van der Waals surface area (Å²) in [5.74, 6) is -0.245. The van der Waals surface area contributed by atoms with Crippen molar-refractivity contribution in [2.75, 3.05) is 13.7 Å². The first-order valence-electron chi connectivity index (χ1n) is 6.92. The third-order valence-corrected chi connectivity index (χ3v) is 2.78. The molecule has 0 bridgehead atoms. The molecular formula is C18H22O3. The van der Waals surface area contributed by atoms with Crippen LogP contribution in [0.4, 0.5) is 0 Å². The van der Waals surface area contributed by atoms with Gasteiger partial charge in [-0.15, -0.1) is 0 Å². The predicted octanol–water partition coefficient (Wildman–Crippen LogP) is 3.63. The number of carbonyl (C=O) groups excluding carboxylic acids is 1. The molecule has 0 radical (unpaired) electrons. The molecule has 0 N–H and O–H groups in total. The lowest BCUT2D eigenvalue weighted by atomic mass is 10.2. The van der Waals surface area contributed by atoms with Crippen molar-refractivity contribution in [3.8, 4) is 0 Å². The summed E-state index contributed by atoms with van der Waals surface area (Å²) in [6.07, 6.45) is 0.980. The van der Waals surface area contributed by atoms with Crippen LogP contribution in [-0.2, 0) is 27.3 Å². The predicted molar refractivity (Wildman–Crippen MR) is 83.9 cm³/mol. The molecule has 0 fully saturated rings. The number of hydrogen-bond donors (Lipinski definition) is 0.